The van der Waals surface area contributed by atoms with E-state index in [-0.39, 0.29) is 5.84 Å². The highest BCUT2D eigenvalue weighted by Gasteiger charge is 2.22. The van der Waals surface area contributed by atoms with Crippen LogP contribution in [0.4, 0.5) is 5.69 Å². The molecule has 3 heteroatoms. The Hall–Kier alpha value is -1.51. The average Bonchev–Trinajstić information content (AvgIpc) is 2.38. The topological polar surface area (TPSA) is 53.1 Å². The van der Waals surface area contributed by atoms with E-state index in [0.717, 1.165) is 11.5 Å². The number of hydrogen-bond donors (Lipinski definition) is 2. The Balaban J connectivity index is 2.08. The van der Waals surface area contributed by atoms with Gasteiger partial charge in [-0.05, 0) is 43.0 Å². The number of benzene rings is 1. The van der Waals surface area contributed by atoms with Crippen LogP contribution in [-0.4, -0.2) is 18.9 Å². The molecule has 3 N–H and O–H groups in total. The molecule has 0 radical (unpaired) electrons. The average molecular weight is 245 g/mol. The van der Waals surface area contributed by atoms with Gasteiger partial charge in [0.1, 0.15) is 5.84 Å². The first kappa shape index (κ1) is 12.9. The number of hydrogen-bond acceptors (Lipinski definition) is 2. The molecule has 0 aliphatic heterocycles. The second-order valence-corrected chi connectivity index (χ2v) is 5.50. The predicted octanol–water partition coefficient (Wildman–Crippen LogP) is 2.99. The molecule has 0 aromatic heterocycles. The van der Waals surface area contributed by atoms with E-state index in [1.807, 2.05) is 12.1 Å². The quantitative estimate of drug-likeness (QED) is 0.635. The van der Waals surface area contributed by atoms with Crippen molar-refractivity contribution >= 4 is 11.5 Å². The molecule has 2 atom stereocenters. The normalized spacial score (nSPS) is 23.7. The number of nitrogens with zero attached hydrogens (tertiary/aromatic N) is 1. The molecule has 1 fully saturated rings. The molecule has 18 heavy (non-hydrogen) atoms. The molecule has 1 aromatic rings. The van der Waals surface area contributed by atoms with Crippen LogP contribution in [0.15, 0.2) is 24.3 Å². The van der Waals surface area contributed by atoms with Gasteiger partial charge in [-0.1, -0.05) is 19.8 Å². The first-order valence-corrected chi connectivity index (χ1v) is 6.75. The number of amidine groups is 1. The molecule has 1 aliphatic carbocycles. The van der Waals surface area contributed by atoms with E-state index >= 15 is 0 Å². The molecule has 3 nitrogen and oxygen atoms in total. The van der Waals surface area contributed by atoms with Crippen molar-refractivity contribution in [2.24, 2.45) is 11.7 Å². The Bertz CT molecular complexity index is 410. The molecular weight excluding hydrogens is 222 g/mol. The van der Waals surface area contributed by atoms with Crippen molar-refractivity contribution in [3.05, 3.63) is 29.8 Å². The van der Waals surface area contributed by atoms with Crippen molar-refractivity contribution in [3.8, 4) is 0 Å². The van der Waals surface area contributed by atoms with Crippen LogP contribution in [0.5, 0.6) is 0 Å². The standard InChI is InChI=1S/C15H23N3/c1-11-4-3-5-14(10-11)18(2)13-8-6-12(7-9-13)15(16)17/h6-9,11,14H,3-5,10H2,1-2H3,(H3,16,17). The summed E-state index contributed by atoms with van der Waals surface area (Å²) < 4.78 is 0. The maximum atomic E-state index is 7.40. The first-order valence-electron chi connectivity index (χ1n) is 6.75. The van der Waals surface area contributed by atoms with E-state index in [1.165, 1.54) is 31.4 Å². The maximum Gasteiger partial charge on any atom is 0.122 e. The minimum Gasteiger partial charge on any atom is -0.384 e. The molecule has 2 rings (SSSR count). The molecule has 0 amide bonds. The third kappa shape index (κ3) is 2.84. The summed E-state index contributed by atoms with van der Waals surface area (Å²) in [6, 6.07) is 8.64. The largest absolute Gasteiger partial charge is 0.384 e. The highest BCUT2D eigenvalue weighted by molar-refractivity contribution is 5.95. The Labute approximate surface area is 109 Å². The lowest BCUT2D eigenvalue weighted by atomic mass is 9.86. The number of nitrogen functional groups attached to an aromatic ring is 1. The van der Waals surface area contributed by atoms with Gasteiger partial charge in [0, 0.05) is 24.3 Å². The zero-order chi connectivity index (χ0) is 13.1. The monoisotopic (exact) mass is 245 g/mol. The summed E-state index contributed by atoms with van der Waals surface area (Å²) in [6.07, 6.45) is 5.27. The maximum absolute atomic E-state index is 7.40. The van der Waals surface area contributed by atoms with Crippen molar-refractivity contribution in [1.29, 1.82) is 5.41 Å². The Morgan fingerprint density at radius 3 is 2.50 bits per heavy atom. The molecule has 98 valence electrons. The highest BCUT2D eigenvalue weighted by atomic mass is 15.1. The molecular formula is C15H23N3. The van der Waals surface area contributed by atoms with E-state index in [2.05, 4.69) is 31.0 Å². The fourth-order valence-electron chi connectivity index (χ4n) is 2.84. The molecule has 2 unspecified atom stereocenters. The van der Waals surface area contributed by atoms with Crippen LogP contribution in [0.2, 0.25) is 0 Å². The molecule has 0 spiro atoms. The van der Waals surface area contributed by atoms with Gasteiger partial charge >= 0.3 is 0 Å². The van der Waals surface area contributed by atoms with E-state index < -0.39 is 0 Å². The molecule has 0 heterocycles. The zero-order valence-electron chi connectivity index (χ0n) is 11.3. The second-order valence-electron chi connectivity index (χ2n) is 5.50. The van der Waals surface area contributed by atoms with Gasteiger partial charge in [0.05, 0.1) is 0 Å². The second kappa shape index (κ2) is 5.42. The number of nitrogens with two attached hydrogens (primary N) is 1. The number of nitrogens with one attached hydrogen (secondary N) is 1. The van der Waals surface area contributed by atoms with Crippen LogP contribution in [0, 0.1) is 11.3 Å². The fraction of sp³-hybridized carbons (Fsp3) is 0.533. The van der Waals surface area contributed by atoms with Crippen molar-refractivity contribution in [3.63, 3.8) is 0 Å². The lowest BCUT2D eigenvalue weighted by Gasteiger charge is -2.35. The Morgan fingerprint density at radius 2 is 1.94 bits per heavy atom. The third-order valence-electron chi connectivity index (χ3n) is 4.04. The van der Waals surface area contributed by atoms with Crippen LogP contribution < -0.4 is 10.6 Å². The number of rotatable bonds is 3. The summed E-state index contributed by atoms with van der Waals surface area (Å²) in [4.78, 5) is 2.37. The van der Waals surface area contributed by atoms with Crippen LogP contribution in [0.25, 0.3) is 0 Å². The van der Waals surface area contributed by atoms with Crippen LogP contribution >= 0.6 is 0 Å². The summed E-state index contributed by atoms with van der Waals surface area (Å²) in [6.45, 7) is 2.35. The smallest absolute Gasteiger partial charge is 0.122 e. The van der Waals surface area contributed by atoms with Crippen molar-refractivity contribution in [2.75, 3.05) is 11.9 Å². The third-order valence-corrected chi connectivity index (χ3v) is 4.04. The van der Waals surface area contributed by atoms with Crippen LogP contribution in [0.1, 0.15) is 38.2 Å². The summed E-state index contributed by atoms with van der Waals surface area (Å²) in [5.74, 6) is 0.971. The SMILES string of the molecule is CC1CCCC(N(C)c2ccc(C(=N)N)cc2)C1. The van der Waals surface area contributed by atoms with Crippen molar-refractivity contribution in [1.82, 2.24) is 0 Å². The Morgan fingerprint density at radius 1 is 1.28 bits per heavy atom. The summed E-state index contributed by atoms with van der Waals surface area (Å²) in [7, 11) is 2.17. The van der Waals surface area contributed by atoms with Gasteiger partial charge in [-0.15, -0.1) is 0 Å². The van der Waals surface area contributed by atoms with Crippen molar-refractivity contribution < 1.29 is 0 Å². The summed E-state index contributed by atoms with van der Waals surface area (Å²) in [5.41, 5.74) is 7.49. The van der Waals surface area contributed by atoms with E-state index in [9.17, 15) is 0 Å². The predicted molar refractivity (Wildman–Crippen MR) is 77.3 cm³/mol. The lowest BCUT2D eigenvalue weighted by Crippen LogP contribution is -2.35. The van der Waals surface area contributed by atoms with Crippen molar-refractivity contribution in [2.45, 2.75) is 38.6 Å². The zero-order valence-corrected chi connectivity index (χ0v) is 11.3. The van der Waals surface area contributed by atoms with Gasteiger partial charge in [0.2, 0.25) is 0 Å². The fourth-order valence-corrected chi connectivity index (χ4v) is 2.84. The summed E-state index contributed by atoms with van der Waals surface area (Å²) >= 11 is 0. The molecule has 1 aliphatic rings. The molecule has 0 bridgehead atoms. The first-order chi connectivity index (χ1) is 8.58. The summed E-state index contributed by atoms with van der Waals surface area (Å²) in [5, 5.41) is 7.40. The minimum absolute atomic E-state index is 0.135. The van der Waals surface area contributed by atoms with Gasteiger partial charge < -0.3 is 10.6 Å². The van der Waals surface area contributed by atoms with Crippen LogP contribution in [-0.2, 0) is 0 Å². The van der Waals surface area contributed by atoms with Gasteiger partial charge in [-0.2, -0.15) is 0 Å². The van der Waals surface area contributed by atoms with Gasteiger partial charge in [-0.25, -0.2) is 0 Å². The van der Waals surface area contributed by atoms with Gasteiger partial charge in [0.15, 0.2) is 0 Å². The van der Waals surface area contributed by atoms with Gasteiger partial charge in [0.25, 0.3) is 0 Å². The molecule has 0 saturated heterocycles. The highest BCUT2D eigenvalue weighted by Crippen LogP contribution is 2.29. The van der Waals surface area contributed by atoms with Crippen LogP contribution in [0.3, 0.4) is 0 Å². The van der Waals surface area contributed by atoms with E-state index in [1.54, 1.807) is 0 Å². The molecule has 1 saturated carbocycles. The lowest BCUT2D eigenvalue weighted by molar-refractivity contribution is 0.336. The molecule has 1 aromatic carbocycles. The van der Waals surface area contributed by atoms with E-state index in [4.69, 9.17) is 11.1 Å². The Kier molecular flexibility index (Phi) is 3.90. The van der Waals surface area contributed by atoms with Gasteiger partial charge in [-0.3, -0.25) is 5.41 Å². The number of anilines is 1. The van der Waals surface area contributed by atoms with E-state index in [0.29, 0.717) is 6.04 Å². The minimum atomic E-state index is 0.135.